The number of nitro groups is 1. The molecule has 0 radical (unpaired) electrons. The molecule has 1 aromatic rings. The van der Waals surface area contributed by atoms with Crippen LogP contribution in [0.15, 0.2) is 18.2 Å². The number of non-ortho nitro benzene ring substituents is 1. The third-order valence-electron chi connectivity index (χ3n) is 2.49. The van der Waals surface area contributed by atoms with Gasteiger partial charge in [-0.3, -0.25) is 24.6 Å². The minimum atomic E-state index is -3.88. The van der Waals surface area contributed by atoms with Gasteiger partial charge in [0.05, 0.1) is 18.3 Å². The number of nitrogens with zero attached hydrogens (tertiary/aromatic N) is 2. The third-order valence-corrected chi connectivity index (χ3v) is 3.62. The monoisotopic (exact) mass is 318 g/mol. The summed E-state index contributed by atoms with van der Waals surface area (Å²) in [6, 6.07) is 3.40. The SMILES string of the molecule is COc1ccc([N+](=O)[O-])cc1N(CC(=O)NN)S(C)(=O)=O. The highest BCUT2D eigenvalue weighted by molar-refractivity contribution is 7.92. The Morgan fingerprint density at radius 2 is 2.14 bits per heavy atom. The molecule has 0 spiro atoms. The van der Waals surface area contributed by atoms with Gasteiger partial charge in [-0.05, 0) is 6.07 Å². The number of carbonyl (C=O) groups excluding carboxylic acids is 1. The van der Waals surface area contributed by atoms with Crippen molar-refractivity contribution in [3.05, 3.63) is 28.3 Å². The number of amides is 1. The lowest BCUT2D eigenvalue weighted by Crippen LogP contribution is -2.43. The van der Waals surface area contributed by atoms with Crippen LogP contribution in [-0.2, 0) is 14.8 Å². The molecule has 0 atom stereocenters. The lowest BCUT2D eigenvalue weighted by molar-refractivity contribution is -0.384. The molecule has 0 unspecified atom stereocenters. The number of nitrogens with two attached hydrogens (primary N) is 1. The van der Waals surface area contributed by atoms with Gasteiger partial charge in [0, 0.05) is 12.1 Å². The fourth-order valence-electron chi connectivity index (χ4n) is 1.54. The van der Waals surface area contributed by atoms with Crippen LogP contribution in [0.5, 0.6) is 5.75 Å². The Morgan fingerprint density at radius 3 is 2.57 bits per heavy atom. The average molecular weight is 318 g/mol. The lowest BCUT2D eigenvalue weighted by Gasteiger charge is -2.23. The van der Waals surface area contributed by atoms with Gasteiger partial charge >= 0.3 is 0 Å². The number of carbonyl (C=O) groups is 1. The normalized spacial score (nSPS) is 10.8. The van der Waals surface area contributed by atoms with E-state index in [1.165, 1.54) is 13.2 Å². The zero-order valence-corrected chi connectivity index (χ0v) is 12.1. The van der Waals surface area contributed by atoms with Gasteiger partial charge in [0.1, 0.15) is 18.0 Å². The van der Waals surface area contributed by atoms with Crippen molar-refractivity contribution in [2.75, 3.05) is 24.2 Å². The number of nitro benzene ring substituents is 1. The summed E-state index contributed by atoms with van der Waals surface area (Å²) in [7, 11) is -2.61. The quantitative estimate of drug-likeness (QED) is 0.307. The first-order valence-corrected chi connectivity index (χ1v) is 7.35. The van der Waals surface area contributed by atoms with E-state index in [1.807, 2.05) is 0 Å². The van der Waals surface area contributed by atoms with Gasteiger partial charge < -0.3 is 4.74 Å². The maximum atomic E-state index is 11.8. The number of methoxy groups -OCH3 is 1. The highest BCUT2D eigenvalue weighted by atomic mass is 32.2. The Kier molecular flexibility index (Phi) is 5.05. The van der Waals surface area contributed by atoms with E-state index in [9.17, 15) is 23.3 Å². The summed E-state index contributed by atoms with van der Waals surface area (Å²) in [5, 5.41) is 10.8. The van der Waals surface area contributed by atoms with Crippen LogP contribution in [0.2, 0.25) is 0 Å². The highest BCUT2D eigenvalue weighted by Gasteiger charge is 2.25. The molecular weight excluding hydrogens is 304 g/mol. The van der Waals surface area contributed by atoms with Crippen molar-refractivity contribution in [2.45, 2.75) is 0 Å². The molecule has 0 heterocycles. The van der Waals surface area contributed by atoms with E-state index in [4.69, 9.17) is 10.6 Å². The molecule has 0 fully saturated rings. The molecule has 0 aromatic heterocycles. The number of nitrogens with one attached hydrogen (secondary N) is 1. The van der Waals surface area contributed by atoms with E-state index < -0.39 is 27.4 Å². The van der Waals surface area contributed by atoms with Crippen molar-refractivity contribution in [3.8, 4) is 5.75 Å². The number of sulfonamides is 1. The number of hydrogen-bond acceptors (Lipinski definition) is 7. The molecule has 0 bridgehead atoms. The number of ether oxygens (including phenoxy) is 1. The standard InChI is InChI=1S/C10H14N4O6S/c1-20-9-4-3-7(14(16)17)5-8(9)13(21(2,18)19)6-10(15)12-11/h3-5H,6,11H2,1-2H3,(H,12,15). The number of hydrogen-bond donors (Lipinski definition) is 2. The molecule has 0 aliphatic heterocycles. The fourth-order valence-corrected chi connectivity index (χ4v) is 2.40. The van der Waals surface area contributed by atoms with Gasteiger partial charge in [0.2, 0.25) is 10.0 Å². The Bertz CT molecular complexity index is 660. The minimum Gasteiger partial charge on any atom is -0.495 e. The summed E-state index contributed by atoms with van der Waals surface area (Å²) in [5.41, 5.74) is 1.33. The van der Waals surface area contributed by atoms with Crippen LogP contribution in [-0.4, -0.2) is 39.2 Å². The Labute approximate surface area is 120 Å². The van der Waals surface area contributed by atoms with Crippen LogP contribution in [0.25, 0.3) is 0 Å². The van der Waals surface area contributed by atoms with Crippen molar-refractivity contribution in [3.63, 3.8) is 0 Å². The lowest BCUT2D eigenvalue weighted by atomic mass is 10.2. The van der Waals surface area contributed by atoms with Crippen LogP contribution in [0.4, 0.5) is 11.4 Å². The average Bonchev–Trinajstić information content (AvgIpc) is 2.42. The molecule has 0 saturated heterocycles. The predicted octanol–water partition coefficient (Wildman–Crippen LogP) is -0.641. The summed E-state index contributed by atoms with van der Waals surface area (Å²) < 4.78 is 29.3. The third kappa shape index (κ3) is 4.03. The van der Waals surface area contributed by atoms with Gasteiger partial charge in [0.15, 0.2) is 0 Å². The Hall–Kier alpha value is -2.40. The van der Waals surface area contributed by atoms with E-state index in [0.717, 1.165) is 18.4 Å². The maximum Gasteiger partial charge on any atom is 0.271 e. The van der Waals surface area contributed by atoms with Crippen LogP contribution >= 0.6 is 0 Å². The molecule has 0 saturated carbocycles. The second kappa shape index (κ2) is 6.37. The molecule has 0 aliphatic rings. The number of benzene rings is 1. The molecule has 116 valence electrons. The van der Waals surface area contributed by atoms with Crippen LogP contribution in [0, 0.1) is 10.1 Å². The van der Waals surface area contributed by atoms with Crippen molar-refractivity contribution >= 4 is 27.3 Å². The molecular formula is C10H14N4O6S. The maximum absolute atomic E-state index is 11.8. The topological polar surface area (TPSA) is 145 Å². The van der Waals surface area contributed by atoms with Crippen molar-refractivity contribution < 1.29 is 22.9 Å². The van der Waals surface area contributed by atoms with Gasteiger partial charge in [-0.25, -0.2) is 14.3 Å². The van der Waals surface area contributed by atoms with E-state index in [2.05, 4.69) is 0 Å². The van der Waals surface area contributed by atoms with Gasteiger partial charge in [0.25, 0.3) is 11.6 Å². The van der Waals surface area contributed by atoms with E-state index >= 15 is 0 Å². The first-order valence-electron chi connectivity index (χ1n) is 5.50. The molecule has 1 aromatic carbocycles. The molecule has 21 heavy (non-hydrogen) atoms. The first kappa shape index (κ1) is 16.7. The largest absolute Gasteiger partial charge is 0.495 e. The molecule has 0 aliphatic carbocycles. The van der Waals surface area contributed by atoms with Gasteiger partial charge in [-0.1, -0.05) is 0 Å². The van der Waals surface area contributed by atoms with Crippen molar-refractivity contribution in [1.29, 1.82) is 0 Å². The predicted molar refractivity (Wildman–Crippen MR) is 74.2 cm³/mol. The first-order chi connectivity index (χ1) is 9.70. The van der Waals surface area contributed by atoms with E-state index in [0.29, 0.717) is 4.31 Å². The summed E-state index contributed by atoms with van der Waals surface area (Å²) in [6.45, 7) is -0.632. The van der Waals surface area contributed by atoms with Crippen LogP contribution < -0.4 is 20.3 Å². The second-order valence-corrected chi connectivity index (χ2v) is 5.86. The summed E-state index contributed by atoms with van der Waals surface area (Å²) in [4.78, 5) is 21.5. The molecule has 10 nitrogen and oxygen atoms in total. The summed E-state index contributed by atoms with van der Waals surface area (Å²) in [5.74, 6) is 4.21. The highest BCUT2D eigenvalue weighted by Crippen LogP contribution is 2.33. The van der Waals surface area contributed by atoms with Crippen LogP contribution in [0.1, 0.15) is 0 Å². The van der Waals surface area contributed by atoms with Gasteiger partial charge in [-0.15, -0.1) is 0 Å². The van der Waals surface area contributed by atoms with E-state index in [-0.39, 0.29) is 17.1 Å². The molecule has 1 rings (SSSR count). The minimum absolute atomic E-state index is 0.0656. The number of hydrazine groups is 1. The second-order valence-electron chi connectivity index (χ2n) is 3.95. The van der Waals surface area contributed by atoms with Crippen molar-refractivity contribution in [2.24, 2.45) is 5.84 Å². The number of rotatable bonds is 6. The Balaban J connectivity index is 3.44. The molecule has 1 amide bonds. The van der Waals surface area contributed by atoms with E-state index in [1.54, 1.807) is 5.43 Å². The van der Waals surface area contributed by atoms with Crippen molar-refractivity contribution in [1.82, 2.24) is 5.43 Å². The number of anilines is 1. The molecule has 3 N–H and O–H groups in total. The zero-order chi connectivity index (χ0) is 16.2. The smallest absolute Gasteiger partial charge is 0.271 e. The van der Waals surface area contributed by atoms with Crippen LogP contribution in [0.3, 0.4) is 0 Å². The fraction of sp³-hybridized carbons (Fsp3) is 0.300. The Morgan fingerprint density at radius 1 is 1.52 bits per heavy atom. The van der Waals surface area contributed by atoms with Gasteiger partial charge in [-0.2, -0.15) is 0 Å². The molecule has 11 heteroatoms. The summed E-state index contributed by atoms with van der Waals surface area (Å²) in [6.07, 6.45) is 0.856. The zero-order valence-electron chi connectivity index (χ0n) is 11.3. The summed E-state index contributed by atoms with van der Waals surface area (Å²) >= 11 is 0.